The zero-order chi connectivity index (χ0) is 26.9. The number of carbonyl (C=O) groups is 2. The lowest BCUT2D eigenvalue weighted by Gasteiger charge is -2.09. The van der Waals surface area contributed by atoms with Gasteiger partial charge in [0.1, 0.15) is 5.69 Å². The Hall–Kier alpha value is -4.71. The van der Waals surface area contributed by atoms with Crippen LogP contribution in [0.1, 0.15) is 21.6 Å². The fraction of sp³-hybridized carbons (Fsp3) is 0.0800. The highest BCUT2D eigenvalue weighted by Crippen LogP contribution is 2.31. The minimum absolute atomic E-state index is 0.127. The number of tetrazole rings is 1. The number of para-hydroxylation sites is 1. The number of H-pyrrole nitrogens is 2. The molecule has 0 saturated heterocycles. The van der Waals surface area contributed by atoms with Crippen LogP contribution in [-0.4, -0.2) is 37.4 Å². The van der Waals surface area contributed by atoms with E-state index >= 15 is 0 Å². The van der Waals surface area contributed by atoms with Crippen LogP contribution in [0.25, 0.3) is 22.3 Å². The summed E-state index contributed by atoms with van der Waals surface area (Å²) in [6.45, 7) is 0. The van der Waals surface area contributed by atoms with Crippen LogP contribution in [0.3, 0.4) is 0 Å². The number of alkyl halides is 3. The smallest absolute Gasteiger partial charge is 0.349 e. The summed E-state index contributed by atoms with van der Waals surface area (Å²) in [4.78, 5) is 28.7. The largest absolute Gasteiger partial charge is 0.416 e. The molecular weight excluding hydrogens is 523 g/mol. The van der Waals surface area contributed by atoms with Gasteiger partial charge >= 0.3 is 6.18 Å². The molecule has 9 nitrogen and oxygen atoms in total. The summed E-state index contributed by atoms with van der Waals surface area (Å²) < 4.78 is 38.3. The number of halogens is 4. The molecule has 0 spiro atoms. The number of amides is 2. The molecule has 2 aromatic heterocycles. The zero-order valence-corrected chi connectivity index (χ0v) is 20.0. The summed E-state index contributed by atoms with van der Waals surface area (Å²) in [6.07, 6.45) is -4.57. The van der Waals surface area contributed by atoms with Crippen molar-refractivity contribution in [3.8, 4) is 11.4 Å². The van der Waals surface area contributed by atoms with Gasteiger partial charge in [-0.05, 0) is 58.5 Å². The van der Waals surface area contributed by atoms with Crippen LogP contribution in [0.5, 0.6) is 0 Å². The van der Waals surface area contributed by atoms with Crippen molar-refractivity contribution < 1.29 is 22.8 Å². The molecule has 0 aliphatic rings. The molecule has 0 bridgehead atoms. The monoisotopic (exact) mass is 539 g/mol. The van der Waals surface area contributed by atoms with Gasteiger partial charge in [-0.15, -0.1) is 5.10 Å². The summed E-state index contributed by atoms with van der Waals surface area (Å²) in [6, 6.07) is 16.0. The average molecular weight is 540 g/mol. The van der Waals surface area contributed by atoms with Crippen molar-refractivity contribution in [2.24, 2.45) is 0 Å². The van der Waals surface area contributed by atoms with Gasteiger partial charge in [0.05, 0.1) is 28.9 Å². The number of nitrogens with one attached hydrogen (secondary N) is 4. The minimum atomic E-state index is -4.45. The first-order valence-corrected chi connectivity index (χ1v) is 11.5. The van der Waals surface area contributed by atoms with Crippen molar-refractivity contribution in [1.29, 1.82) is 0 Å². The highest BCUT2D eigenvalue weighted by Gasteiger charge is 2.30. The van der Waals surface area contributed by atoms with Crippen LogP contribution < -0.4 is 10.6 Å². The number of benzene rings is 3. The molecule has 38 heavy (non-hydrogen) atoms. The molecule has 13 heteroatoms. The molecule has 0 radical (unpaired) electrons. The maximum atomic E-state index is 13.1. The molecule has 0 atom stereocenters. The molecule has 5 rings (SSSR count). The first-order chi connectivity index (χ1) is 18.2. The zero-order valence-electron chi connectivity index (χ0n) is 19.2. The molecule has 5 aromatic rings. The highest BCUT2D eigenvalue weighted by atomic mass is 35.5. The van der Waals surface area contributed by atoms with Gasteiger partial charge in [0.15, 0.2) is 5.82 Å². The van der Waals surface area contributed by atoms with Crippen LogP contribution in [0.15, 0.2) is 66.7 Å². The summed E-state index contributed by atoms with van der Waals surface area (Å²) in [7, 11) is 0. The van der Waals surface area contributed by atoms with Crippen molar-refractivity contribution in [2.75, 3.05) is 10.6 Å². The minimum Gasteiger partial charge on any atom is -0.349 e. The second kappa shape index (κ2) is 9.98. The van der Waals surface area contributed by atoms with Crippen molar-refractivity contribution in [2.45, 2.75) is 12.6 Å². The summed E-state index contributed by atoms with van der Waals surface area (Å²) in [5, 5.41) is 20.2. The van der Waals surface area contributed by atoms with Gasteiger partial charge < -0.3 is 15.6 Å². The fourth-order valence-electron chi connectivity index (χ4n) is 3.86. The van der Waals surface area contributed by atoms with Crippen LogP contribution >= 0.6 is 11.6 Å². The molecule has 0 saturated carbocycles. The van der Waals surface area contributed by atoms with Gasteiger partial charge in [0, 0.05) is 16.0 Å². The molecule has 0 unspecified atom stereocenters. The fourth-order valence-corrected chi connectivity index (χ4v) is 4.03. The topological polar surface area (TPSA) is 128 Å². The summed E-state index contributed by atoms with van der Waals surface area (Å²) in [5.41, 5.74) is 1.69. The molecule has 4 N–H and O–H groups in total. The van der Waals surface area contributed by atoms with Gasteiger partial charge in [-0.1, -0.05) is 35.9 Å². The number of aromatic amines is 2. The quantitative estimate of drug-likeness (QED) is 0.228. The lowest BCUT2D eigenvalue weighted by Crippen LogP contribution is -2.15. The number of hydrogen-bond donors (Lipinski definition) is 4. The molecule has 0 aliphatic carbocycles. The first kappa shape index (κ1) is 25.0. The van der Waals surface area contributed by atoms with Crippen molar-refractivity contribution in [1.82, 2.24) is 25.6 Å². The number of nitrogens with zero attached hydrogens (tertiary/aromatic N) is 3. The lowest BCUT2D eigenvalue weighted by atomic mass is 10.1. The number of aromatic nitrogens is 5. The highest BCUT2D eigenvalue weighted by molar-refractivity contribution is 6.31. The number of fused-ring (bicyclic) bond motifs is 1. The third kappa shape index (κ3) is 5.34. The van der Waals surface area contributed by atoms with E-state index in [1.165, 1.54) is 12.1 Å². The predicted octanol–water partition coefficient (Wildman–Crippen LogP) is 5.45. The SMILES string of the molecule is O=C(Cc1ccc(C(F)(F)F)cc1)Nc1cccc2cc(C(=O)Nc3ccc(Cl)cc3-c3nnn[nH]3)[nH]c12. The molecule has 2 heterocycles. The Morgan fingerprint density at radius 3 is 2.45 bits per heavy atom. The van der Waals surface area contributed by atoms with Gasteiger partial charge in [0.2, 0.25) is 5.91 Å². The van der Waals surface area contributed by atoms with Crippen LogP contribution in [0.4, 0.5) is 24.5 Å². The second-order valence-electron chi connectivity index (χ2n) is 8.27. The first-order valence-electron chi connectivity index (χ1n) is 11.1. The molecule has 3 aromatic carbocycles. The Morgan fingerprint density at radius 2 is 1.74 bits per heavy atom. The van der Waals surface area contributed by atoms with E-state index in [9.17, 15) is 22.8 Å². The van der Waals surface area contributed by atoms with Crippen molar-refractivity contribution in [3.05, 3.63) is 88.6 Å². The maximum Gasteiger partial charge on any atom is 0.416 e. The van der Waals surface area contributed by atoms with Crippen LogP contribution in [-0.2, 0) is 17.4 Å². The lowest BCUT2D eigenvalue weighted by molar-refractivity contribution is -0.137. The van der Waals surface area contributed by atoms with Crippen LogP contribution in [0.2, 0.25) is 5.02 Å². The van der Waals surface area contributed by atoms with Gasteiger partial charge in [-0.3, -0.25) is 9.59 Å². The molecule has 2 amide bonds. The van der Waals surface area contributed by atoms with Crippen molar-refractivity contribution >= 4 is 45.7 Å². The number of rotatable bonds is 6. The average Bonchev–Trinajstić information content (AvgIpc) is 3.56. The predicted molar refractivity (Wildman–Crippen MR) is 135 cm³/mol. The van der Waals surface area contributed by atoms with E-state index in [-0.39, 0.29) is 12.1 Å². The summed E-state index contributed by atoms with van der Waals surface area (Å²) >= 11 is 6.09. The van der Waals surface area contributed by atoms with Gasteiger partial charge in [-0.2, -0.15) is 13.2 Å². The molecular formula is C25H17ClF3N7O2. The number of anilines is 2. The number of carbonyl (C=O) groups excluding carboxylic acids is 2. The Balaban J connectivity index is 1.33. The maximum absolute atomic E-state index is 13.1. The van der Waals surface area contributed by atoms with Gasteiger partial charge in [-0.25, -0.2) is 5.10 Å². The van der Waals surface area contributed by atoms with E-state index in [1.54, 1.807) is 42.5 Å². The van der Waals surface area contributed by atoms with Gasteiger partial charge in [0.25, 0.3) is 5.91 Å². The third-order valence-corrected chi connectivity index (χ3v) is 5.89. The van der Waals surface area contributed by atoms with E-state index in [4.69, 9.17) is 11.6 Å². The van der Waals surface area contributed by atoms with E-state index < -0.39 is 23.6 Å². The Labute approximate surface area is 217 Å². The van der Waals surface area contributed by atoms with E-state index in [0.717, 1.165) is 12.1 Å². The van der Waals surface area contributed by atoms with Crippen molar-refractivity contribution in [3.63, 3.8) is 0 Å². The van der Waals surface area contributed by atoms with E-state index in [1.807, 2.05) is 0 Å². The standard InChI is InChI=1S/C25H17ClF3N7O2/c26-16-8-9-18(17(12-16)23-33-35-36-34-23)32-24(38)20-11-14-2-1-3-19(22(14)31-20)30-21(37)10-13-4-6-15(7-5-13)25(27,28)29/h1-9,11-12,31H,10H2,(H,30,37)(H,32,38)(H,33,34,35,36). The van der Waals surface area contributed by atoms with E-state index in [0.29, 0.717) is 44.3 Å². The second-order valence-corrected chi connectivity index (χ2v) is 8.70. The van der Waals surface area contributed by atoms with Crippen LogP contribution in [0, 0.1) is 0 Å². The molecule has 192 valence electrons. The number of hydrogen-bond acceptors (Lipinski definition) is 5. The summed E-state index contributed by atoms with van der Waals surface area (Å²) in [5.74, 6) is -0.568. The third-order valence-electron chi connectivity index (χ3n) is 5.65. The molecule has 0 fully saturated rings. The Kier molecular flexibility index (Phi) is 6.55. The molecule has 0 aliphatic heterocycles. The Bertz CT molecular complexity index is 1630. The normalized spacial score (nSPS) is 11.5. The van der Waals surface area contributed by atoms with E-state index in [2.05, 4.69) is 36.2 Å². The Morgan fingerprint density at radius 1 is 0.947 bits per heavy atom.